The van der Waals surface area contributed by atoms with Crippen molar-refractivity contribution in [3.8, 4) is 0 Å². The van der Waals surface area contributed by atoms with Gasteiger partial charge in [-0.05, 0) is 45.3 Å². The summed E-state index contributed by atoms with van der Waals surface area (Å²) >= 11 is 0. The number of aryl methyl sites for hydroxylation is 5. The van der Waals surface area contributed by atoms with E-state index >= 15 is 0 Å². The van der Waals surface area contributed by atoms with E-state index in [1.54, 1.807) is 63.0 Å². The zero-order valence-corrected chi connectivity index (χ0v) is 53.9. The van der Waals surface area contributed by atoms with Crippen molar-refractivity contribution in [2.75, 3.05) is 79.6 Å². The van der Waals surface area contributed by atoms with Gasteiger partial charge in [-0.2, -0.15) is 0 Å². The summed E-state index contributed by atoms with van der Waals surface area (Å²) in [5.41, 5.74) is 2.21. The van der Waals surface area contributed by atoms with Crippen molar-refractivity contribution in [1.29, 1.82) is 0 Å². The normalized spacial score (nSPS) is 11.3. The van der Waals surface area contributed by atoms with E-state index in [1.807, 2.05) is 37.2 Å². The van der Waals surface area contributed by atoms with Crippen molar-refractivity contribution in [2.45, 2.75) is 44.9 Å². The SMILES string of the molecule is CN(C)CCCNC(=O)CCNC(=O)c1cc(NC(=O)c2cc(NC(=O)c3cc(NC(=O)c4nc(NC(=O)CCNC(=O)c5cc(NC(=O)CCNC(=O)CCCC[PH](c6ccccc6)(c6ccccc6)c6ccccc6)cn5C)cn4C)cn3C)cn2C)cn1C. The van der Waals surface area contributed by atoms with Crippen LogP contribution in [-0.2, 0) is 54.4 Å². The van der Waals surface area contributed by atoms with Gasteiger partial charge in [0.2, 0.25) is 17.6 Å². The Kier molecular flexibility index (Phi) is 23.4. The van der Waals surface area contributed by atoms with Crippen LogP contribution in [0.3, 0.4) is 0 Å². The zero-order valence-electron chi connectivity index (χ0n) is 52.9. The summed E-state index contributed by atoms with van der Waals surface area (Å²) in [6.07, 6.45) is 11.3. The topological polar surface area (TPSA) is 303 Å². The summed E-state index contributed by atoms with van der Waals surface area (Å²) in [5, 5.41) is 28.8. The molecule has 26 heteroatoms. The minimum atomic E-state index is -2.40. The number of anilines is 5. The predicted molar refractivity (Wildman–Crippen MR) is 359 cm³/mol. The Balaban J connectivity index is 0.728. The molecule has 0 fully saturated rings. The minimum Gasteiger partial charge on any atom is -0.344 e. The number of unbranched alkanes of at least 4 members (excludes halogenated alkanes) is 1. The number of carbonyl (C=O) groups is 9. The molecule has 0 saturated heterocycles. The molecule has 92 heavy (non-hydrogen) atoms. The molecule has 0 spiro atoms. The molecule has 0 aliphatic carbocycles. The zero-order chi connectivity index (χ0) is 65.9. The third-order valence-corrected chi connectivity index (χ3v) is 20.5. The van der Waals surface area contributed by atoms with Crippen LogP contribution in [0.1, 0.15) is 97.5 Å². The number of hydrogen-bond acceptors (Lipinski definition) is 11. The van der Waals surface area contributed by atoms with Crippen molar-refractivity contribution in [1.82, 2.24) is 54.0 Å². The molecule has 0 aliphatic rings. The van der Waals surface area contributed by atoms with E-state index in [0.29, 0.717) is 36.4 Å². The average Bonchev–Trinajstić information content (AvgIpc) is 1.15. The molecule has 0 atom stereocenters. The molecule has 0 saturated carbocycles. The second-order valence-corrected chi connectivity index (χ2v) is 26.8. The Bertz CT molecular complexity index is 3830. The van der Waals surface area contributed by atoms with Gasteiger partial charge in [0.25, 0.3) is 29.5 Å². The molecule has 0 radical (unpaired) electrons. The molecular formula is C66H81N16O9P. The van der Waals surface area contributed by atoms with E-state index in [2.05, 4.69) is 126 Å². The first-order valence-corrected chi connectivity index (χ1v) is 32.5. The van der Waals surface area contributed by atoms with Crippen molar-refractivity contribution < 1.29 is 43.2 Å². The van der Waals surface area contributed by atoms with Gasteiger partial charge in [0, 0.05) is 92.5 Å². The van der Waals surface area contributed by atoms with Crippen LogP contribution in [0.2, 0.25) is 0 Å². The Morgan fingerprint density at radius 2 is 0.772 bits per heavy atom. The number of imidazole rings is 1. The first-order valence-electron chi connectivity index (χ1n) is 30.3. The number of aromatic nitrogens is 6. The van der Waals surface area contributed by atoms with Gasteiger partial charge >= 0.3 is 203 Å². The minimum absolute atomic E-state index is 0.0270. The van der Waals surface area contributed by atoms with Gasteiger partial charge in [-0.1, -0.05) is 0 Å². The van der Waals surface area contributed by atoms with Gasteiger partial charge in [-0.25, -0.2) is 4.98 Å². The van der Waals surface area contributed by atoms with E-state index in [0.717, 1.165) is 25.5 Å². The van der Waals surface area contributed by atoms with Crippen molar-refractivity contribution >= 4 is 105 Å². The molecule has 25 nitrogen and oxygen atoms in total. The molecule has 0 aliphatic heterocycles. The van der Waals surface area contributed by atoms with Crippen molar-refractivity contribution in [2.24, 2.45) is 35.2 Å². The fraction of sp³-hybridized carbons (Fsp3) is 0.303. The van der Waals surface area contributed by atoms with Gasteiger partial charge in [0.15, 0.2) is 5.82 Å². The van der Waals surface area contributed by atoms with Gasteiger partial charge in [0.1, 0.15) is 22.8 Å². The fourth-order valence-corrected chi connectivity index (χ4v) is 15.8. The standard InChI is InChI=1S/C66H81N16O9P/c1-77(2)34-19-30-67-58(84)27-32-69-63(88)53-37-46(41-79(53)4)72-64(89)54-38-47(42-80(54)5)73-65(90)55-39-48(43-81(55)6)74-66(91)61-76-56(44-82(61)7)75-60(86)29-33-70-62(87)52-36-45(40-78(52)3)71-59(85)28-31-68-57(83)26-17-18-35-92(49-20-11-8-12-21-49,50-22-13-9-14-23-50)51-24-15-10-16-25-51/h8-16,20-25,36-44,92H,17-19,26-35H2,1-7H3,(H,67,84)(H,68,83)(H,69,88)(H,70,87)(H,71,85)(H,72,89)(H,73,90)(H,74,91)(H,75,86). The van der Waals surface area contributed by atoms with E-state index in [1.165, 1.54) is 66.3 Å². The summed E-state index contributed by atoms with van der Waals surface area (Å²) in [5.74, 6) is -3.65. The Morgan fingerprint density at radius 1 is 0.391 bits per heavy atom. The van der Waals surface area contributed by atoms with Crippen LogP contribution in [0.5, 0.6) is 0 Å². The summed E-state index contributed by atoms with van der Waals surface area (Å²) in [4.78, 5) is 124. The van der Waals surface area contributed by atoms with Crippen molar-refractivity contribution in [3.05, 3.63) is 175 Å². The number of amides is 9. The average molecular weight is 1270 g/mol. The summed E-state index contributed by atoms with van der Waals surface area (Å²) in [7, 11) is 9.64. The molecule has 0 bridgehead atoms. The molecule has 8 aromatic rings. The molecule has 9 amide bonds. The fourth-order valence-electron chi connectivity index (χ4n) is 10.8. The number of nitrogens with one attached hydrogen (secondary N) is 9. The Morgan fingerprint density at radius 3 is 1.23 bits per heavy atom. The number of nitrogens with zero attached hydrogens (tertiary/aromatic N) is 7. The van der Waals surface area contributed by atoms with Gasteiger partial charge in [-0.3, -0.25) is 33.6 Å². The molecule has 0 unspecified atom stereocenters. The van der Waals surface area contributed by atoms with E-state index in [9.17, 15) is 43.2 Å². The third kappa shape index (κ3) is 18.2. The van der Waals surface area contributed by atoms with Crippen LogP contribution >= 0.6 is 7.26 Å². The smallest absolute Gasteiger partial charge is 0.344 e. The summed E-state index contributed by atoms with van der Waals surface area (Å²) in [6.45, 7) is 1.63. The van der Waals surface area contributed by atoms with Crippen LogP contribution in [0.25, 0.3) is 0 Å². The maximum absolute atomic E-state index is 13.5. The quantitative estimate of drug-likeness (QED) is 0.0210. The van der Waals surface area contributed by atoms with Crippen LogP contribution in [0.15, 0.2) is 146 Å². The number of benzene rings is 3. The van der Waals surface area contributed by atoms with E-state index in [-0.39, 0.29) is 96.7 Å². The number of rotatable bonds is 31. The maximum atomic E-state index is 13.5. The van der Waals surface area contributed by atoms with Crippen molar-refractivity contribution in [3.63, 3.8) is 0 Å². The predicted octanol–water partition coefficient (Wildman–Crippen LogP) is 4.82. The first kappa shape index (κ1) is 67.5. The third-order valence-electron chi connectivity index (χ3n) is 15.4. The van der Waals surface area contributed by atoms with Crippen LogP contribution in [0, 0.1) is 0 Å². The van der Waals surface area contributed by atoms with Gasteiger partial charge in [-0.15, -0.1) is 0 Å². The van der Waals surface area contributed by atoms with Crippen LogP contribution in [-0.4, -0.2) is 139 Å². The monoisotopic (exact) mass is 1270 g/mol. The molecule has 3 aromatic carbocycles. The van der Waals surface area contributed by atoms with Gasteiger partial charge in [0.05, 0.1) is 17.1 Å². The van der Waals surface area contributed by atoms with E-state index in [4.69, 9.17) is 0 Å². The van der Waals surface area contributed by atoms with Gasteiger partial charge < -0.3 is 65.0 Å². The Labute approximate surface area is 534 Å². The molecule has 9 N–H and O–H groups in total. The second kappa shape index (κ2) is 31.9. The molecule has 484 valence electrons. The number of carbonyl (C=O) groups excluding carboxylic acids is 9. The summed E-state index contributed by atoms with van der Waals surface area (Å²) < 4.78 is 7.56. The molecule has 5 aromatic heterocycles. The second-order valence-electron chi connectivity index (χ2n) is 22.7. The number of hydrogen-bond donors (Lipinski definition) is 9. The van der Waals surface area contributed by atoms with Crippen LogP contribution in [0.4, 0.5) is 28.6 Å². The Hall–Kier alpha value is -10.4. The molecule has 5 heterocycles. The molecule has 8 rings (SSSR count). The first-order chi connectivity index (χ1) is 44.2. The summed E-state index contributed by atoms with van der Waals surface area (Å²) in [6, 6.07) is 38.0. The molecular weight excluding hydrogens is 1190 g/mol. The van der Waals surface area contributed by atoms with E-state index < -0.39 is 42.7 Å². The van der Waals surface area contributed by atoms with Crippen LogP contribution < -0.4 is 63.8 Å².